The number of sulfonamides is 1. The number of methoxy groups -OCH3 is 1. The lowest BCUT2D eigenvalue weighted by molar-refractivity contribution is 0.199. The molecule has 0 aliphatic rings. The molecule has 1 rings (SSSR count). The number of ether oxygens (including phenoxy) is 1. The van der Waals surface area contributed by atoms with E-state index in [0.717, 1.165) is 0 Å². The van der Waals surface area contributed by atoms with E-state index < -0.39 is 10.0 Å². The summed E-state index contributed by atoms with van der Waals surface area (Å²) < 4.78 is 44.9. The largest absolute Gasteiger partial charge is 0.383 e. The molecule has 1 aromatic carbocycles. The van der Waals surface area contributed by atoms with Gasteiger partial charge in [0.1, 0.15) is 5.82 Å². The number of rotatable bonds is 8. The molecule has 0 bridgehead atoms. The van der Waals surface area contributed by atoms with Gasteiger partial charge < -0.3 is 10.1 Å². The summed E-state index contributed by atoms with van der Waals surface area (Å²) >= 11 is 0. The van der Waals surface area contributed by atoms with Crippen molar-refractivity contribution < 1.29 is 17.5 Å². The van der Waals surface area contributed by atoms with Gasteiger partial charge in [0.25, 0.3) is 0 Å². The summed E-state index contributed by atoms with van der Waals surface area (Å²) in [5.41, 5.74) is 0.646. The van der Waals surface area contributed by atoms with Crippen LogP contribution in [0.4, 0.5) is 4.39 Å². The Morgan fingerprint density at radius 3 is 2.30 bits per heavy atom. The van der Waals surface area contributed by atoms with Crippen LogP contribution in [-0.4, -0.2) is 41.8 Å². The first-order valence-electron chi connectivity index (χ1n) is 6.34. The van der Waals surface area contributed by atoms with Gasteiger partial charge in [-0.3, -0.25) is 0 Å². The van der Waals surface area contributed by atoms with E-state index in [-0.39, 0.29) is 17.3 Å². The third-order valence-electron chi connectivity index (χ3n) is 2.80. The number of hydrogen-bond acceptors (Lipinski definition) is 4. The third kappa shape index (κ3) is 4.82. The van der Waals surface area contributed by atoms with Gasteiger partial charge >= 0.3 is 0 Å². The SMILES string of the molecule is COCCNCCNS(=O)(=O)c1cc(C)c(F)c(C)c1. The van der Waals surface area contributed by atoms with Crippen molar-refractivity contribution in [2.24, 2.45) is 0 Å². The summed E-state index contributed by atoms with van der Waals surface area (Å²) in [5, 5.41) is 3.03. The van der Waals surface area contributed by atoms with Crippen molar-refractivity contribution in [2.75, 3.05) is 33.4 Å². The summed E-state index contributed by atoms with van der Waals surface area (Å²) in [4.78, 5) is 0.0887. The molecule has 2 N–H and O–H groups in total. The van der Waals surface area contributed by atoms with Crippen LogP contribution in [0.2, 0.25) is 0 Å². The highest BCUT2D eigenvalue weighted by Crippen LogP contribution is 2.18. The molecular formula is C13H21FN2O3S. The Bertz CT molecular complexity index is 524. The van der Waals surface area contributed by atoms with Gasteiger partial charge in [0.15, 0.2) is 0 Å². The quantitative estimate of drug-likeness (QED) is 0.702. The zero-order chi connectivity index (χ0) is 15.2. The highest BCUT2D eigenvalue weighted by molar-refractivity contribution is 7.89. The molecule has 0 fully saturated rings. The minimum absolute atomic E-state index is 0.0887. The van der Waals surface area contributed by atoms with E-state index in [1.54, 1.807) is 21.0 Å². The van der Waals surface area contributed by atoms with Gasteiger partial charge in [-0.2, -0.15) is 0 Å². The predicted molar refractivity (Wildman–Crippen MR) is 75.8 cm³/mol. The molecule has 0 heterocycles. The fourth-order valence-electron chi connectivity index (χ4n) is 1.72. The van der Waals surface area contributed by atoms with Crippen LogP contribution in [0.15, 0.2) is 17.0 Å². The van der Waals surface area contributed by atoms with Gasteiger partial charge in [-0.15, -0.1) is 0 Å². The lowest BCUT2D eigenvalue weighted by atomic mass is 10.1. The van der Waals surface area contributed by atoms with E-state index in [1.165, 1.54) is 12.1 Å². The van der Waals surface area contributed by atoms with Crippen molar-refractivity contribution in [3.63, 3.8) is 0 Å². The second kappa shape index (κ2) is 7.68. The van der Waals surface area contributed by atoms with Crippen LogP contribution in [0.3, 0.4) is 0 Å². The monoisotopic (exact) mass is 304 g/mol. The smallest absolute Gasteiger partial charge is 0.240 e. The van der Waals surface area contributed by atoms with Crippen LogP contribution in [0.1, 0.15) is 11.1 Å². The van der Waals surface area contributed by atoms with Crippen molar-refractivity contribution in [1.29, 1.82) is 0 Å². The zero-order valence-corrected chi connectivity index (χ0v) is 12.8. The minimum atomic E-state index is -3.60. The van der Waals surface area contributed by atoms with E-state index in [2.05, 4.69) is 10.0 Å². The molecule has 0 aliphatic heterocycles. The summed E-state index contributed by atoms with van der Waals surface area (Å²) in [6.07, 6.45) is 0. The van der Waals surface area contributed by atoms with E-state index in [0.29, 0.717) is 30.8 Å². The second-order valence-electron chi connectivity index (χ2n) is 4.51. The van der Waals surface area contributed by atoms with Crippen molar-refractivity contribution in [2.45, 2.75) is 18.7 Å². The first-order chi connectivity index (χ1) is 9.38. The Hall–Kier alpha value is -1.02. The maximum absolute atomic E-state index is 13.5. The van der Waals surface area contributed by atoms with Crippen molar-refractivity contribution in [1.82, 2.24) is 10.0 Å². The summed E-state index contributed by atoms with van der Waals surface area (Å²) in [7, 11) is -2.00. The standard InChI is InChI=1S/C13H21FN2O3S/c1-10-8-12(9-11(2)13(10)14)20(17,18)16-5-4-15-6-7-19-3/h8-9,15-16H,4-7H2,1-3H3. The second-order valence-corrected chi connectivity index (χ2v) is 6.28. The Morgan fingerprint density at radius 2 is 1.75 bits per heavy atom. The Labute approximate surface area is 119 Å². The average molecular weight is 304 g/mol. The van der Waals surface area contributed by atoms with E-state index in [4.69, 9.17) is 4.74 Å². The Balaban J connectivity index is 2.61. The number of halogens is 1. The molecule has 0 spiro atoms. The fourth-order valence-corrected chi connectivity index (χ4v) is 2.92. The molecule has 0 amide bonds. The Kier molecular flexibility index (Phi) is 6.54. The van der Waals surface area contributed by atoms with Crippen LogP contribution >= 0.6 is 0 Å². The molecule has 7 heteroatoms. The molecule has 0 aromatic heterocycles. The summed E-state index contributed by atoms with van der Waals surface area (Å²) in [5.74, 6) is -0.370. The molecule has 114 valence electrons. The molecule has 0 unspecified atom stereocenters. The van der Waals surface area contributed by atoms with Crippen LogP contribution < -0.4 is 10.0 Å². The topological polar surface area (TPSA) is 67.4 Å². The molecule has 0 saturated carbocycles. The summed E-state index contributed by atoms with van der Waals surface area (Å²) in [6.45, 7) is 5.10. The maximum Gasteiger partial charge on any atom is 0.240 e. The van der Waals surface area contributed by atoms with E-state index in [1.807, 2.05) is 0 Å². The zero-order valence-electron chi connectivity index (χ0n) is 12.0. The lowest BCUT2D eigenvalue weighted by Gasteiger charge is -2.10. The average Bonchev–Trinajstić information content (AvgIpc) is 2.39. The molecule has 0 radical (unpaired) electrons. The van der Waals surface area contributed by atoms with Crippen molar-refractivity contribution in [3.8, 4) is 0 Å². The summed E-state index contributed by atoms with van der Waals surface area (Å²) in [6, 6.07) is 2.67. The molecule has 0 atom stereocenters. The van der Waals surface area contributed by atoms with Gasteiger partial charge in [-0.25, -0.2) is 17.5 Å². The minimum Gasteiger partial charge on any atom is -0.383 e. The predicted octanol–water partition coefficient (Wildman–Crippen LogP) is 0.957. The molecule has 20 heavy (non-hydrogen) atoms. The van der Waals surface area contributed by atoms with Crippen molar-refractivity contribution in [3.05, 3.63) is 29.1 Å². The van der Waals surface area contributed by atoms with Gasteiger partial charge in [0.2, 0.25) is 10.0 Å². The van der Waals surface area contributed by atoms with Gasteiger partial charge in [-0.1, -0.05) is 0 Å². The van der Waals surface area contributed by atoms with Crippen LogP contribution in [-0.2, 0) is 14.8 Å². The molecule has 1 aromatic rings. The molecule has 5 nitrogen and oxygen atoms in total. The van der Waals surface area contributed by atoms with E-state index in [9.17, 15) is 12.8 Å². The number of benzene rings is 1. The van der Waals surface area contributed by atoms with Crippen LogP contribution in [0.5, 0.6) is 0 Å². The third-order valence-corrected chi connectivity index (χ3v) is 4.24. The first kappa shape index (κ1) is 17.0. The number of hydrogen-bond donors (Lipinski definition) is 2. The molecule has 0 saturated heterocycles. The Morgan fingerprint density at radius 1 is 1.15 bits per heavy atom. The molecular weight excluding hydrogens is 283 g/mol. The van der Waals surface area contributed by atoms with E-state index >= 15 is 0 Å². The lowest BCUT2D eigenvalue weighted by Crippen LogP contribution is -2.33. The number of nitrogens with one attached hydrogen (secondary N) is 2. The highest BCUT2D eigenvalue weighted by Gasteiger charge is 2.16. The van der Waals surface area contributed by atoms with Crippen LogP contribution in [0, 0.1) is 19.7 Å². The van der Waals surface area contributed by atoms with Crippen LogP contribution in [0.25, 0.3) is 0 Å². The highest BCUT2D eigenvalue weighted by atomic mass is 32.2. The normalized spacial score (nSPS) is 11.8. The van der Waals surface area contributed by atoms with Gasteiger partial charge in [-0.05, 0) is 37.1 Å². The first-order valence-corrected chi connectivity index (χ1v) is 7.83. The fraction of sp³-hybridized carbons (Fsp3) is 0.538. The maximum atomic E-state index is 13.5. The van der Waals surface area contributed by atoms with Gasteiger partial charge in [0.05, 0.1) is 11.5 Å². The molecule has 0 aliphatic carbocycles. The number of aryl methyl sites for hydroxylation is 2. The van der Waals surface area contributed by atoms with Gasteiger partial charge in [0, 0.05) is 26.7 Å². The van der Waals surface area contributed by atoms with Crippen molar-refractivity contribution >= 4 is 10.0 Å².